The third-order valence-electron chi connectivity index (χ3n) is 5.78. The predicted octanol–water partition coefficient (Wildman–Crippen LogP) is 8.54. The van der Waals surface area contributed by atoms with Crippen LogP contribution in [0, 0.1) is 5.92 Å². The molecule has 1 aromatic carbocycles. The lowest BCUT2D eigenvalue weighted by molar-refractivity contribution is -0.137. The summed E-state index contributed by atoms with van der Waals surface area (Å²) in [5.74, 6) is -0.337. The highest BCUT2D eigenvalue weighted by molar-refractivity contribution is 5.92. The number of hydrogen-bond donors (Lipinski definition) is 2. The second kappa shape index (κ2) is 22.7. The SMILES string of the molecule is CC(C)CCCCCCCOC(=O)c1ccccc1O.CCCCCCCCCCCC(=O)O. The van der Waals surface area contributed by atoms with Crippen LogP contribution < -0.4 is 0 Å². The van der Waals surface area contributed by atoms with Gasteiger partial charge in [-0.05, 0) is 30.9 Å². The third kappa shape index (κ3) is 20.6. The number of benzene rings is 1. The summed E-state index contributed by atoms with van der Waals surface area (Å²) in [7, 11) is 0. The molecule has 5 nitrogen and oxygen atoms in total. The topological polar surface area (TPSA) is 83.8 Å². The molecular weight excluding hydrogens is 428 g/mol. The average molecular weight is 479 g/mol. The van der Waals surface area contributed by atoms with E-state index in [2.05, 4.69) is 20.8 Å². The van der Waals surface area contributed by atoms with E-state index in [9.17, 15) is 14.7 Å². The van der Waals surface area contributed by atoms with E-state index in [1.165, 1.54) is 76.7 Å². The van der Waals surface area contributed by atoms with Gasteiger partial charge in [0, 0.05) is 6.42 Å². The molecule has 0 fully saturated rings. The van der Waals surface area contributed by atoms with Gasteiger partial charge in [-0.3, -0.25) is 4.79 Å². The fraction of sp³-hybridized carbons (Fsp3) is 0.724. The number of phenolic OH excluding ortho intramolecular Hbond substituents is 1. The van der Waals surface area contributed by atoms with Crippen molar-refractivity contribution in [3.63, 3.8) is 0 Å². The largest absolute Gasteiger partial charge is 0.507 e. The fourth-order valence-corrected chi connectivity index (χ4v) is 3.66. The maximum Gasteiger partial charge on any atom is 0.341 e. The van der Waals surface area contributed by atoms with Crippen LogP contribution in [0.1, 0.15) is 134 Å². The lowest BCUT2D eigenvalue weighted by Gasteiger charge is -2.06. The molecule has 0 saturated heterocycles. The molecule has 0 radical (unpaired) electrons. The predicted molar refractivity (Wildman–Crippen MR) is 140 cm³/mol. The first-order valence-corrected chi connectivity index (χ1v) is 13.5. The fourth-order valence-electron chi connectivity index (χ4n) is 3.66. The Kier molecular flexibility index (Phi) is 21.4. The van der Waals surface area contributed by atoms with Gasteiger partial charge in [-0.15, -0.1) is 0 Å². The Labute approximate surface area is 208 Å². The van der Waals surface area contributed by atoms with E-state index >= 15 is 0 Å². The molecule has 0 saturated carbocycles. The number of carbonyl (C=O) groups is 2. The van der Waals surface area contributed by atoms with E-state index in [0.717, 1.165) is 31.6 Å². The summed E-state index contributed by atoms with van der Waals surface area (Å²) in [4.78, 5) is 21.9. The van der Waals surface area contributed by atoms with Crippen molar-refractivity contribution in [1.29, 1.82) is 0 Å². The van der Waals surface area contributed by atoms with Crippen LogP contribution in [0.3, 0.4) is 0 Å². The maximum absolute atomic E-state index is 11.7. The first kappa shape index (κ1) is 32.0. The van der Waals surface area contributed by atoms with E-state index in [0.29, 0.717) is 13.0 Å². The number of unbranched alkanes of at least 4 members (excludes halogenated alkanes) is 12. The molecule has 0 unspecified atom stereocenters. The summed E-state index contributed by atoms with van der Waals surface area (Å²) < 4.78 is 5.15. The van der Waals surface area contributed by atoms with Gasteiger partial charge in [-0.1, -0.05) is 116 Å². The Bertz CT molecular complexity index is 627. The van der Waals surface area contributed by atoms with Gasteiger partial charge in [0.05, 0.1) is 6.61 Å². The molecule has 0 aliphatic rings. The molecule has 1 rings (SSSR count). The van der Waals surface area contributed by atoms with Crippen molar-refractivity contribution in [1.82, 2.24) is 0 Å². The lowest BCUT2D eigenvalue weighted by Crippen LogP contribution is -2.06. The summed E-state index contributed by atoms with van der Waals surface area (Å²) >= 11 is 0. The van der Waals surface area contributed by atoms with Crippen LogP contribution in [0.15, 0.2) is 24.3 Å². The Morgan fingerprint density at radius 1 is 0.794 bits per heavy atom. The number of rotatable bonds is 19. The number of carboxylic acid groups (broad SMARTS) is 1. The van der Waals surface area contributed by atoms with Gasteiger partial charge >= 0.3 is 11.9 Å². The van der Waals surface area contributed by atoms with Gasteiger partial charge in [0.2, 0.25) is 0 Å². The van der Waals surface area contributed by atoms with E-state index < -0.39 is 11.9 Å². The van der Waals surface area contributed by atoms with E-state index in [-0.39, 0.29) is 11.3 Å². The highest BCUT2D eigenvalue weighted by Gasteiger charge is 2.10. The number of ether oxygens (including phenoxy) is 1. The normalized spacial score (nSPS) is 10.6. The van der Waals surface area contributed by atoms with Crippen molar-refractivity contribution in [2.24, 2.45) is 5.92 Å². The standard InChI is InChI=1S/C17H26O3.C12H24O2/c1-14(2)10-6-4-3-5-9-13-20-17(19)15-11-7-8-12-16(15)18;1-2-3-4-5-6-7-8-9-10-11-12(13)14/h7-8,11-12,14,18H,3-6,9-10,13H2,1-2H3;2-11H2,1H3,(H,13,14). The van der Waals surface area contributed by atoms with E-state index in [1.807, 2.05) is 0 Å². The number of esters is 1. The number of carbonyl (C=O) groups excluding carboxylic acids is 1. The Hall–Kier alpha value is -2.04. The van der Waals surface area contributed by atoms with Gasteiger partial charge in [-0.2, -0.15) is 0 Å². The zero-order chi connectivity index (χ0) is 25.4. The van der Waals surface area contributed by atoms with Crippen molar-refractivity contribution >= 4 is 11.9 Å². The number of aliphatic carboxylic acids is 1. The van der Waals surface area contributed by atoms with Crippen LogP contribution in [0.5, 0.6) is 5.75 Å². The molecule has 0 aliphatic heterocycles. The van der Waals surface area contributed by atoms with E-state index in [4.69, 9.17) is 9.84 Å². The van der Waals surface area contributed by atoms with Crippen LogP contribution in [-0.4, -0.2) is 28.8 Å². The number of carboxylic acids is 1. The molecule has 196 valence electrons. The van der Waals surface area contributed by atoms with Crippen molar-refractivity contribution in [2.75, 3.05) is 6.61 Å². The number of phenols is 1. The van der Waals surface area contributed by atoms with Crippen molar-refractivity contribution in [3.05, 3.63) is 29.8 Å². The monoisotopic (exact) mass is 478 g/mol. The van der Waals surface area contributed by atoms with Crippen LogP contribution in [-0.2, 0) is 9.53 Å². The minimum absolute atomic E-state index is 0.0221. The number of aromatic hydroxyl groups is 1. The first-order valence-electron chi connectivity index (χ1n) is 13.5. The summed E-state index contributed by atoms with van der Waals surface area (Å²) in [6, 6.07) is 6.46. The highest BCUT2D eigenvalue weighted by atomic mass is 16.5. The van der Waals surface area contributed by atoms with Gasteiger partial charge in [-0.25, -0.2) is 4.79 Å². The molecule has 0 bridgehead atoms. The van der Waals surface area contributed by atoms with Crippen LogP contribution in [0.4, 0.5) is 0 Å². The lowest BCUT2D eigenvalue weighted by atomic mass is 10.0. The number of hydrogen-bond acceptors (Lipinski definition) is 4. The van der Waals surface area contributed by atoms with Crippen LogP contribution in [0.25, 0.3) is 0 Å². The highest BCUT2D eigenvalue weighted by Crippen LogP contribution is 2.17. The summed E-state index contributed by atoms with van der Waals surface area (Å²) in [5.41, 5.74) is 0.240. The first-order chi connectivity index (χ1) is 16.4. The maximum atomic E-state index is 11.7. The molecule has 0 heterocycles. The zero-order valence-electron chi connectivity index (χ0n) is 22.0. The average Bonchev–Trinajstić information content (AvgIpc) is 2.80. The molecule has 0 aromatic heterocycles. The van der Waals surface area contributed by atoms with Gasteiger partial charge < -0.3 is 14.9 Å². The second-order valence-corrected chi connectivity index (χ2v) is 9.58. The molecule has 34 heavy (non-hydrogen) atoms. The Morgan fingerprint density at radius 2 is 1.32 bits per heavy atom. The smallest absolute Gasteiger partial charge is 0.341 e. The molecule has 5 heteroatoms. The molecule has 0 atom stereocenters. The van der Waals surface area contributed by atoms with Gasteiger partial charge in [0.15, 0.2) is 0 Å². The molecule has 0 aliphatic carbocycles. The second-order valence-electron chi connectivity index (χ2n) is 9.58. The molecular formula is C29H50O5. The van der Waals surface area contributed by atoms with Gasteiger partial charge in [0.1, 0.15) is 11.3 Å². The minimum Gasteiger partial charge on any atom is -0.507 e. The van der Waals surface area contributed by atoms with Crippen LogP contribution in [0.2, 0.25) is 0 Å². The van der Waals surface area contributed by atoms with E-state index in [1.54, 1.807) is 18.2 Å². The third-order valence-corrected chi connectivity index (χ3v) is 5.78. The van der Waals surface area contributed by atoms with Crippen molar-refractivity contribution in [2.45, 2.75) is 124 Å². The summed E-state index contributed by atoms with van der Waals surface area (Å²) in [6.45, 7) is 7.15. The Morgan fingerprint density at radius 3 is 1.88 bits per heavy atom. The minimum atomic E-state index is -0.659. The van der Waals surface area contributed by atoms with Gasteiger partial charge in [0.25, 0.3) is 0 Å². The molecule has 0 amide bonds. The molecule has 1 aromatic rings. The molecule has 2 N–H and O–H groups in total. The van der Waals surface area contributed by atoms with Crippen molar-refractivity contribution in [3.8, 4) is 5.75 Å². The number of para-hydroxylation sites is 1. The van der Waals surface area contributed by atoms with Crippen LogP contribution >= 0.6 is 0 Å². The molecule has 0 spiro atoms. The quantitative estimate of drug-likeness (QED) is 0.154. The zero-order valence-corrected chi connectivity index (χ0v) is 22.0. The van der Waals surface area contributed by atoms with Crippen molar-refractivity contribution < 1.29 is 24.5 Å². The summed E-state index contributed by atoms with van der Waals surface area (Å²) in [5, 5.41) is 17.9. The summed E-state index contributed by atoms with van der Waals surface area (Å²) in [6.07, 6.45) is 18.5. The Balaban J connectivity index is 0.000000686.